The van der Waals surface area contributed by atoms with Crippen molar-refractivity contribution in [1.82, 2.24) is 15.0 Å². The standard InChI is InChI=1S/C30H27N5O4/c1-17-16-31-26(32-17)28(37)34-21-13-14-22-23(15-21)35-27(36)24(22)25(18-7-5-4-6-8-18)33-20-11-9-19(10-12-20)30(2,3)29(38)39/h4-16,35-36H,1-3H3,(H,31,32)(H,34,37)(H,38,39). The third-order valence-electron chi connectivity index (χ3n) is 6.60. The van der Waals surface area contributed by atoms with Gasteiger partial charge in [-0.05, 0) is 56.7 Å². The number of amides is 1. The Kier molecular flexibility index (Phi) is 6.49. The van der Waals surface area contributed by atoms with E-state index in [1.54, 1.807) is 62.5 Å². The van der Waals surface area contributed by atoms with Gasteiger partial charge in [0.1, 0.15) is 0 Å². The lowest BCUT2D eigenvalue weighted by Gasteiger charge is -2.19. The predicted molar refractivity (Wildman–Crippen MR) is 150 cm³/mol. The van der Waals surface area contributed by atoms with E-state index in [-0.39, 0.29) is 17.6 Å². The molecule has 5 rings (SSSR count). The highest BCUT2D eigenvalue weighted by molar-refractivity contribution is 6.22. The van der Waals surface area contributed by atoms with Crippen LogP contribution >= 0.6 is 0 Å². The first kappa shape index (κ1) is 25.5. The minimum absolute atomic E-state index is 0.0682. The number of aliphatic carboxylic acids is 1. The van der Waals surface area contributed by atoms with E-state index in [0.717, 1.165) is 11.3 Å². The minimum Gasteiger partial charge on any atom is -0.494 e. The minimum atomic E-state index is -1.04. The summed E-state index contributed by atoms with van der Waals surface area (Å²) in [6, 6.07) is 21.8. The van der Waals surface area contributed by atoms with Crippen LogP contribution in [-0.4, -0.2) is 42.8 Å². The lowest BCUT2D eigenvalue weighted by molar-refractivity contribution is -0.142. The molecule has 2 heterocycles. The molecule has 0 saturated heterocycles. The molecular formula is C30H27N5O4. The van der Waals surface area contributed by atoms with Crippen molar-refractivity contribution in [2.45, 2.75) is 26.2 Å². The highest BCUT2D eigenvalue weighted by Gasteiger charge is 2.29. The molecule has 3 aromatic carbocycles. The Bertz CT molecular complexity index is 1710. The van der Waals surface area contributed by atoms with Gasteiger partial charge in [0.05, 0.1) is 27.9 Å². The van der Waals surface area contributed by atoms with Crippen LogP contribution in [-0.2, 0) is 10.2 Å². The summed E-state index contributed by atoms with van der Waals surface area (Å²) >= 11 is 0. The number of aromatic hydroxyl groups is 1. The lowest BCUT2D eigenvalue weighted by atomic mass is 9.85. The van der Waals surface area contributed by atoms with Crippen LogP contribution in [0.4, 0.5) is 11.4 Å². The molecule has 1 amide bonds. The number of benzene rings is 3. The van der Waals surface area contributed by atoms with Gasteiger partial charge in [-0.15, -0.1) is 0 Å². The van der Waals surface area contributed by atoms with Crippen molar-refractivity contribution in [2.24, 2.45) is 4.99 Å². The van der Waals surface area contributed by atoms with Gasteiger partial charge in [-0.1, -0.05) is 42.5 Å². The van der Waals surface area contributed by atoms with Crippen LogP contribution < -0.4 is 5.32 Å². The highest BCUT2D eigenvalue weighted by Crippen LogP contribution is 2.33. The molecule has 196 valence electrons. The first-order valence-corrected chi connectivity index (χ1v) is 12.3. The second-order valence-corrected chi connectivity index (χ2v) is 9.78. The summed E-state index contributed by atoms with van der Waals surface area (Å²) in [5.41, 5.74) is 3.97. The van der Waals surface area contributed by atoms with Crippen LogP contribution in [0, 0.1) is 6.92 Å². The van der Waals surface area contributed by atoms with E-state index < -0.39 is 11.4 Å². The summed E-state index contributed by atoms with van der Waals surface area (Å²) in [6.07, 6.45) is 1.58. The van der Waals surface area contributed by atoms with E-state index in [1.807, 2.05) is 37.3 Å². The van der Waals surface area contributed by atoms with Crippen molar-refractivity contribution in [3.8, 4) is 5.88 Å². The third-order valence-corrected chi connectivity index (χ3v) is 6.60. The number of aromatic amines is 2. The normalized spacial score (nSPS) is 12.0. The van der Waals surface area contributed by atoms with Gasteiger partial charge in [0, 0.05) is 28.5 Å². The molecule has 5 aromatic rings. The number of carbonyl (C=O) groups is 2. The number of carboxylic acid groups (broad SMARTS) is 1. The third kappa shape index (κ3) is 5.02. The molecule has 0 unspecified atom stereocenters. The molecule has 9 nitrogen and oxygen atoms in total. The van der Waals surface area contributed by atoms with Crippen LogP contribution in [0.25, 0.3) is 10.9 Å². The molecule has 0 fully saturated rings. The molecule has 0 aliphatic heterocycles. The topological polar surface area (TPSA) is 143 Å². The predicted octanol–water partition coefficient (Wildman–Crippen LogP) is 5.69. The Morgan fingerprint density at radius 1 is 0.974 bits per heavy atom. The van der Waals surface area contributed by atoms with Gasteiger partial charge in [-0.25, -0.2) is 9.98 Å². The number of aliphatic imine (C=N–C) groups is 1. The SMILES string of the molecule is Cc1cnc(C(=O)Nc2ccc3c(C(=Nc4ccc(C(C)(C)C(=O)O)cc4)c4ccccc4)c(O)[nH]c3c2)[nH]1. The van der Waals surface area contributed by atoms with E-state index >= 15 is 0 Å². The maximum absolute atomic E-state index is 12.5. The van der Waals surface area contributed by atoms with Gasteiger partial charge in [-0.3, -0.25) is 9.59 Å². The summed E-state index contributed by atoms with van der Waals surface area (Å²) in [7, 11) is 0. The largest absolute Gasteiger partial charge is 0.494 e. The van der Waals surface area contributed by atoms with E-state index in [1.165, 1.54) is 0 Å². The Labute approximate surface area is 224 Å². The Balaban J connectivity index is 1.55. The first-order valence-electron chi connectivity index (χ1n) is 12.3. The van der Waals surface area contributed by atoms with Gasteiger partial charge in [0.2, 0.25) is 0 Å². The summed E-state index contributed by atoms with van der Waals surface area (Å²) in [5.74, 6) is -1.15. The number of hydrogen-bond donors (Lipinski definition) is 5. The van der Waals surface area contributed by atoms with Crippen LogP contribution in [0.5, 0.6) is 5.88 Å². The number of carbonyl (C=O) groups excluding carboxylic acids is 1. The van der Waals surface area contributed by atoms with Crippen molar-refractivity contribution in [3.63, 3.8) is 0 Å². The molecule has 5 N–H and O–H groups in total. The van der Waals surface area contributed by atoms with Crippen molar-refractivity contribution in [1.29, 1.82) is 0 Å². The quantitative estimate of drug-likeness (QED) is 0.175. The molecule has 0 saturated carbocycles. The van der Waals surface area contributed by atoms with Gasteiger partial charge < -0.3 is 25.5 Å². The number of anilines is 1. The zero-order chi connectivity index (χ0) is 27.7. The molecule has 0 spiro atoms. The highest BCUT2D eigenvalue weighted by atomic mass is 16.4. The second kappa shape index (κ2) is 9.94. The zero-order valence-corrected chi connectivity index (χ0v) is 21.6. The number of rotatable bonds is 7. The molecule has 39 heavy (non-hydrogen) atoms. The fourth-order valence-corrected chi connectivity index (χ4v) is 4.29. The molecule has 2 aromatic heterocycles. The van der Waals surface area contributed by atoms with Crippen molar-refractivity contribution < 1.29 is 19.8 Å². The number of fused-ring (bicyclic) bond motifs is 1. The Morgan fingerprint density at radius 2 is 1.69 bits per heavy atom. The van der Waals surface area contributed by atoms with E-state index in [0.29, 0.717) is 39.1 Å². The maximum atomic E-state index is 12.5. The summed E-state index contributed by atoms with van der Waals surface area (Å²) in [5, 5.41) is 24.1. The Morgan fingerprint density at radius 3 is 2.33 bits per heavy atom. The lowest BCUT2D eigenvalue weighted by Crippen LogP contribution is -2.28. The summed E-state index contributed by atoms with van der Waals surface area (Å²) < 4.78 is 0. The van der Waals surface area contributed by atoms with Crippen LogP contribution in [0.3, 0.4) is 0 Å². The molecule has 0 aliphatic rings. The van der Waals surface area contributed by atoms with Crippen molar-refractivity contribution in [3.05, 3.63) is 107 Å². The number of aryl methyl sites for hydroxylation is 1. The fraction of sp³-hybridized carbons (Fsp3) is 0.133. The molecule has 0 atom stereocenters. The summed E-state index contributed by atoms with van der Waals surface area (Å²) in [4.78, 5) is 39.0. The molecule has 0 radical (unpaired) electrons. The zero-order valence-electron chi connectivity index (χ0n) is 21.6. The van der Waals surface area contributed by atoms with Crippen LogP contribution in [0.2, 0.25) is 0 Å². The second-order valence-electron chi connectivity index (χ2n) is 9.78. The van der Waals surface area contributed by atoms with Gasteiger partial charge in [-0.2, -0.15) is 0 Å². The van der Waals surface area contributed by atoms with Crippen molar-refractivity contribution in [2.75, 3.05) is 5.32 Å². The number of nitrogens with one attached hydrogen (secondary N) is 3. The van der Waals surface area contributed by atoms with Crippen LogP contribution in [0.1, 0.15) is 46.9 Å². The van der Waals surface area contributed by atoms with Gasteiger partial charge in [0.15, 0.2) is 11.7 Å². The van der Waals surface area contributed by atoms with E-state index in [9.17, 15) is 19.8 Å². The average Bonchev–Trinajstić information content (AvgIpc) is 3.50. The molecule has 0 bridgehead atoms. The molecule has 9 heteroatoms. The number of hydrogen-bond acceptors (Lipinski definition) is 5. The first-order chi connectivity index (χ1) is 18.6. The monoisotopic (exact) mass is 521 g/mol. The van der Waals surface area contributed by atoms with E-state index in [4.69, 9.17) is 4.99 Å². The van der Waals surface area contributed by atoms with Crippen LogP contribution in [0.15, 0.2) is 84.0 Å². The Hall–Kier alpha value is -5.18. The van der Waals surface area contributed by atoms with E-state index in [2.05, 4.69) is 20.3 Å². The number of H-pyrrole nitrogens is 2. The smallest absolute Gasteiger partial charge is 0.313 e. The number of nitrogens with zero attached hydrogens (tertiary/aromatic N) is 2. The number of aromatic nitrogens is 3. The number of imidazole rings is 1. The van der Waals surface area contributed by atoms with Gasteiger partial charge in [0.25, 0.3) is 5.91 Å². The fourth-order valence-electron chi connectivity index (χ4n) is 4.29. The van der Waals surface area contributed by atoms with Gasteiger partial charge >= 0.3 is 5.97 Å². The maximum Gasteiger partial charge on any atom is 0.313 e. The van der Waals surface area contributed by atoms with Crippen molar-refractivity contribution >= 4 is 39.9 Å². The number of carboxylic acids is 1. The average molecular weight is 522 g/mol. The summed E-state index contributed by atoms with van der Waals surface area (Å²) in [6.45, 7) is 5.12. The molecule has 0 aliphatic carbocycles. The molecular weight excluding hydrogens is 494 g/mol.